The number of para-hydroxylation sites is 4. The van der Waals surface area contributed by atoms with Crippen molar-refractivity contribution in [2.24, 2.45) is 0 Å². The van der Waals surface area contributed by atoms with Gasteiger partial charge in [-0.25, -0.2) is 0 Å². The van der Waals surface area contributed by atoms with E-state index in [1.54, 1.807) is 0 Å². The van der Waals surface area contributed by atoms with Crippen LogP contribution in [-0.2, 0) is 0 Å². The van der Waals surface area contributed by atoms with Gasteiger partial charge in [0.05, 0.1) is 38.5 Å². The molecule has 4 nitrogen and oxygen atoms in total. The summed E-state index contributed by atoms with van der Waals surface area (Å²) in [7, 11) is 0. The van der Waals surface area contributed by atoms with E-state index in [1.807, 2.05) is 48.5 Å². The van der Waals surface area contributed by atoms with Crippen LogP contribution in [0, 0.1) is 0 Å². The standard InChI is InChI=1S/C43H26N2O2/c46-43-32-19-9-12-22-39(32)47-40-26-38(33(25-34(40)43)27-13-3-1-4-14-27)45-35-20-10-7-17-29(35)30-23-24-37-41(42(30)45)31-18-8-11-21-36(31)44(37)28-15-5-2-6-16-28/h1-26H. The molecule has 0 fully saturated rings. The Bertz CT molecular complexity index is 2910. The molecule has 3 aromatic heterocycles. The molecule has 0 bridgehead atoms. The van der Waals surface area contributed by atoms with Crippen molar-refractivity contribution in [1.29, 1.82) is 0 Å². The van der Waals surface area contributed by atoms with Crippen molar-refractivity contribution in [1.82, 2.24) is 9.13 Å². The average molecular weight is 603 g/mol. The van der Waals surface area contributed by atoms with Gasteiger partial charge in [-0.2, -0.15) is 0 Å². The van der Waals surface area contributed by atoms with E-state index in [9.17, 15) is 4.79 Å². The molecule has 4 heteroatoms. The van der Waals surface area contributed by atoms with Crippen LogP contribution in [0.5, 0.6) is 0 Å². The number of aromatic nitrogens is 2. The average Bonchev–Trinajstić information content (AvgIpc) is 3.65. The first-order valence-corrected chi connectivity index (χ1v) is 15.8. The number of nitrogens with zero attached hydrogens (tertiary/aromatic N) is 2. The zero-order chi connectivity index (χ0) is 31.1. The summed E-state index contributed by atoms with van der Waals surface area (Å²) in [6, 6.07) is 54.2. The maximum Gasteiger partial charge on any atom is 0.200 e. The lowest BCUT2D eigenvalue weighted by molar-refractivity contribution is 0.659. The van der Waals surface area contributed by atoms with E-state index in [1.165, 1.54) is 21.5 Å². The van der Waals surface area contributed by atoms with Gasteiger partial charge in [0.1, 0.15) is 11.2 Å². The molecular formula is C43H26N2O2. The van der Waals surface area contributed by atoms with Crippen LogP contribution in [0.4, 0.5) is 0 Å². The molecule has 10 aromatic rings. The summed E-state index contributed by atoms with van der Waals surface area (Å²) in [6.07, 6.45) is 0. The third-order valence-electron chi connectivity index (χ3n) is 9.50. The number of fused-ring (bicyclic) bond motifs is 9. The molecule has 3 heterocycles. The Hall–Kier alpha value is -6.39. The molecule has 0 saturated heterocycles. The van der Waals surface area contributed by atoms with Crippen molar-refractivity contribution in [2.45, 2.75) is 0 Å². The largest absolute Gasteiger partial charge is 0.456 e. The molecule has 0 saturated carbocycles. The van der Waals surface area contributed by atoms with Gasteiger partial charge in [-0.15, -0.1) is 0 Å². The summed E-state index contributed by atoms with van der Waals surface area (Å²) in [5.74, 6) is 0. The highest BCUT2D eigenvalue weighted by Crippen LogP contribution is 2.44. The molecule has 47 heavy (non-hydrogen) atoms. The smallest absolute Gasteiger partial charge is 0.200 e. The molecule has 0 unspecified atom stereocenters. The number of benzene rings is 7. The van der Waals surface area contributed by atoms with E-state index in [0.717, 1.165) is 44.6 Å². The molecule has 0 aliphatic heterocycles. The zero-order valence-corrected chi connectivity index (χ0v) is 25.2. The molecule has 0 atom stereocenters. The molecule has 0 aliphatic rings. The predicted molar refractivity (Wildman–Crippen MR) is 194 cm³/mol. The molecule has 0 aliphatic carbocycles. The molecule has 220 valence electrons. The summed E-state index contributed by atoms with van der Waals surface area (Å²) in [4.78, 5) is 13.9. The molecule has 10 rings (SSSR count). The highest BCUT2D eigenvalue weighted by Gasteiger charge is 2.23. The minimum atomic E-state index is -0.0267. The Morgan fingerprint density at radius 2 is 1.09 bits per heavy atom. The summed E-state index contributed by atoms with van der Waals surface area (Å²) in [5.41, 5.74) is 9.68. The second-order valence-electron chi connectivity index (χ2n) is 12.1. The van der Waals surface area contributed by atoms with E-state index in [0.29, 0.717) is 21.9 Å². The topological polar surface area (TPSA) is 40.1 Å². The van der Waals surface area contributed by atoms with Crippen LogP contribution < -0.4 is 5.43 Å². The Balaban J connectivity index is 1.44. The fourth-order valence-electron chi connectivity index (χ4n) is 7.49. The first-order valence-electron chi connectivity index (χ1n) is 15.8. The van der Waals surface area contributed by atoms with Gasteiger partial charge in [-0.05, 0) is 54.1 Å². The van der Waals surface area contributed by atoms with E-state index in [4.69, 9.17) is 4.42 Å². The van der Waals surface area contributed by atoms with Gasteiger partial charge >= 0.3 is 0 Å². The van der Waals surface area contributed by atoms with Crippen molar-refractivity contribution in [3.8, 4) is 22.5 Å². The van der Waals surface area contributed by atoms with E-state index < -0.39 is 0 Å². The predicted octanol–water partition coefficient (Wildman–Crippen LogP) is 10.8. The zero-order valence-electron chi connectivity index (χ0n) is 25.2. The van der Waals surface area contributed by atoms with Crippen LogP contribution in [-0.4, -0.2) is 9.13 Å². The maximum absolute atomic E-state index is 13.9. The summed E-state index contributed by atoms with van der Waals surface area (Å²) < 4.78 is 11.2. The summed E-state index contributed by atoms with van der Waals surface area (Å²) in [5, 5.41) is 5.85. The van der Waals surface area contributed by atoms with Crippen LogP contribution in [0.25, 0.3) is 88.1 Å². The second kappa shape index (κ2) is 9.80. The molecule has 0 spiro atoms. The van der Waals surface area contributed by atoms with Crippen molar-refractivity contribution in [3.63, 3.8) is 0 Å². The van der Waals surface area contributed by atoms with Gasteiger partial charge in [0.25, 0.3) is 0 Å². The Kier molecular flexibility index (Phi) is 5.40. The Labute approximate surface area is 268 Å². The van der Waals surface area contributed by atoms with Gasteiger partial charge in [0, 0.05) is 38.9 Å². The molecule has 0 amide bonds. The Morgan fingerprint density at radius 1 is 0.447 bits per heavy atom. The fraction of sp³-hybridized carbons (Fsp3) is 0. The minimum absolute atomic E-state index is 0.0267. The lowest BCUT2D eigenvalue weighted by Gasteiger charge is -2.16. The van der Waals surface area contributed by atoms with E-state index >= 15 is 0 Å². The fourth-order valence-corrected chi connectivity index (χ4v) is 7.49. The van der Waals surface area contributed by atoms with E-state index in [-0.39, 0.29) is 5.43 Å². The van der Waals surface area contributed by atoms with Crippen molar-refractivity contribution < 1.29 is 4.42 Å². The van der Waals surface area contributed by atoms with Crippen LogP contribution in [0.1, 0.15) is 0 Å². The third kappa shape index (κ3) is 3.67. The Morgan fingerprint density at radius 3 is 1.87 bits per heavy atom. The highest BCUT2D eigenvalue weighted by atomic mass is 16.3. The highest BCUT2D eigenvalue weighted by molar-refractivity contribution is 6.26. The van der Waals surface area contributed by atoms with Gasteiger partial charge in [0.15, 0.2) is 0 Å². The maximum atomic E-state index is 13.9. The molecule has 7 aromatic carbocycles. The lowest BCUT2D eigenvalue weighted by Crippen LogP contribution is -2.05. The van der Waals surface area contributed by atoms with Gasteiger partial charge in [0.2, 0.25) is 5.43 Å². The van der Waals surface area contributed by atoms with Crippen LogP contribution >= 0.6 is 0 Å². The first-order chi connectivity index (χ1) is 23.3. The van der Waals surface area contributed by atoms with Crippen molar-refractivity contribution in [2.75, 3.05) is 0 Å². The summed E-state index contributed by atoms with van der Waals surface area (Å²) in [6.45, 7) is 0. The van der Waals surface area contributed by atoms with Gasteiger partial charge < -0.3 is 13.6 Å². The SMILES string of the molecule is O=c1c2ccccc2oc2cc(-n3c4ccccc4c4ccc5c(c6ccccc6n5-c5ccccc5)c43)c(-c3ccccc3)cc12. The number of hydrogen-bond acceptors (Lipinski definition) is 2. The quantitative estimate of drug-likeness (QED) is 0.189. The minimum Gasteiger partial charge on any atom is -0.456 e. The van der Waals surface area contributed by atoms with E-state index in [2.05, 4.69) is 118 Å². The lowest BCUT2D eigenvalue weighted by atomic mass is 10.00. The van der Waals surface area contributed by atoms with Crippen LogP contribution in [0.2, 0.25) is 0 Å². The number of rotatable bonds is 3. The van der Waals surface area contributed by atoms with Crippen LogP contribution in [0.3, 0.4) is 0 Å². The normalized spacial score (nSPS) is 11.9. The van der Waals surface area contributed by atoms with Gasteiger partial charge in [-0.1, -0.05) is 103 Å². The first kappa shape index (κ1) is 25.9. The monoisotopic (exact) mass is 602 g/mol. The summed E-state index contributed by atoms with van der Waals surface area (Å²) >= 11 is 0. The third-order valence-corrected chi connectivity index (χ3v) is 9.50. The number of hydrogen-bond donors (Lipinski definition) is 0. The molecule has 0 radical (unpaired) electrons. The van der Waals surface area contributed by atoms with Crippen LogP contribution in [0.15, 0.2) is 167 Å². The van der Waals surface area contributed by atoms with Crippen molar-refractivity contribution >= 4 is 65.6 Å². The molecule has 0 N–H and O–H groups in total. The second-order valence-corrected chi connectivity index (χ2v) is 12.1. The van der Waals surface area contributed by atoms with Crippen molar-refractivity contribution in [3.05, 3.63) is 168 Å². The molecular weight excluding hydrogens is 576 g/mol. The van der Waals surface area contributed by atoms with Gasteiger partial charge in [-0.3, -0.25) is 4.79 Å².